The van der Waals surface area contributed by atoms with Crippen molar-refractivity contribution in [1.82, 2.24) is 5.43 Å². The highest BCUT2D eigenvalue weighted by molar-refractivity contribution is 6.00. The van der Waals surface area contributed by atoms with Crippen molar-refractivity contribution in [2.75, 3.05) is 0 Å². The van der Waals surface area contributed by atoms with Crippen LogP contribution in [0, 0.1) is 0 Å². The van der Waals surface area contributed by atoms with E-state index in [1.54, 1.807) is 0 Å². The summed E-state index contributed by atoms with van der Waals surface area (Å²) < 4.78 is 0. The minimum Gasteiger partial charge on any atom is -0.267 e. The summed E-state index contributed by atoms with van der Waals surface area (Å²) in [5.41, 5.74) is 7.61. The van der Waals surface area contributed by atoms with Gasteiger partial charge in [0.2, 0.25) is 0 Å². The molecule has 24 heavy (non-hydrogen) atoms. The van der Waals surface area contributed by atoms with Gasteiger partial charge in [0.1, 0.15) is 0 Å². The van der Waals surface area contributed by atoms with Gasteiger partial charge in [-0.3, -0.25) is 4.79 Å². The lowest BCUT2D eigenvalue weighted by Gasteiger charge is -2.07. The summed E-state index contributed by atoms with van der Waals surface area (Å²) in [5.74, 6) is 0.269. The minimum absolute atomic E-state index is 0.188. The van der Waals surface area contributed by atoms with Crippen LogP contribution in [0.4, 0.5) is 0 Å². The van der Waals surface area contributed by atoms with Crippen LogP contribution in [0.5, 0.6) is 0 Å². The van der Waals surface area contributed by atoms with Crippen molar-refractivity contribution in [3.05, 3.63) is 70.8 Å². The molecule has 3 nitrogen and oxygen atoms in total. The second kappa shape index (κ2) is 8.44. The van der Waals surface area contributed by atoms with Crippen LogP contribution in [0.25, 0.3) is 0 Å². The van der Waals surface area contributed by atoms with E-state index in [-0.39, 0.29) is 5.91 Å². The minimum atomic E-state index is -0.188. The maximum atomic E-state index is 12.2. The Labute approximate surface area is 144 Å². The van der Waals surface area contributed by atoms with E-state index >= 15 is 0 Å². The van der Waals surface area contributed by atoms with Crippen molar-refractivity contribution in [3.8, 4) is 0 Å². The fourth-order valence-electron chi connectivity index (χ4n) is 2.48. The van der Waals surface area contributed by atoms with Crippen molar-refractivity contribution < 1.29 is 4.79 Å². The number of hydrogen-bond donors (Lipinski definition) is 1. The van der Waals surface area contributed by atoms with Gasteiger partial charge in [0.15, 0.2) is 0 Å². The maximum Gasteiger partial charge on any atom is 0.271 e. The molecule has 0 saturated carbocycles. The lowest BCUT2D eigenvalue weighted by Crippen LogP contribution is -2.19. The zero-order valence-electron chi connectivity index (χ0n) is 15.0. The van der Waals surface area contributed by atoms with Crippen LogP contribution >= 0.6 is 0 Å². The first-order valence-electron chi connectivity index (χ1n) is 8.55. The molecule has 0 aliphatic heterocycles. The number of aryl methyl sites for hydroxylation is 1. The Morgan fingerprint density at radius 3 is 2.12 bits per heavy atom. The van der Waals surface area contributed by atoms with Gasteiger partial charge in [-0.1, -0.05) is 63.6 Å². The Kier molecular flexibility index (Phi) is 6.30. The van der Waals surface area contributed by atoms with Gasteiger partial charge in [-0.15, -0.1) is 0 Å². The van der Waals surface area contributed by atoms with Crippen LogP contribution in [0.2, 0.25) is 0 Å². The third-order valence-electron chi connectivity index (χ3n) is 4.08. The largest absolute Gasteiger partial charge is 0.271 e. The summed E-state index contributed by atoms with van der Waals surface area (Å²) in [6.45, 7) is 8.34. The summed E-state index contributed by atoms with van der Waals surface area (Å²) in [4.78, 5) is 12.2. The second-order valence-corrected chi connectivity index (χ2v) is 6.36. The van der Waals surface area contributed by atoms with Gasteiger partial charge >= 0.3 is 0 Å². The van der Waals surface area contributed by atoms with Crippen molar-refractivity contribution in [1.29, 1.82) is 0 Å². The predicted molar refractivity (Wildman–Crippen MR) is 101 cm³/mol. The molecule has 0 unspecified atom stereocenters. The quantitative estimate of drug-likeness (QED) is 0.595. The highest BCUT2D eigenvalue weighted by atomic mass is 16.2. The van der Waals surface area contributed by atoms with Crippen molar-refractivity contribution in [3.63, 3.8) is 0 Å². The molecule has 0 spiro atoms. The smallest absolute Gasteiger partial charge is 0.267 e. The van der Waals surface area contributed by atoms with Gasteiger partial charge in [-0.25, -0.2) is 5.43 Å². The van der Waals surface area contributed by atoms with Crippen molar-refractivity contribution >= 4 is 11.6 Å². The summed E-state index contributed by atoms with van der Waals surface area (Å²) in [7, 11) is 0. The van der Waals surface area contributed by atoms with E-state index in [1.807, 2.05) is 43.3 Å². The average Bonchev–Trinajstić information content (AvgIpc) is 2.60. The van der Waals surface area contributed by atoms with Crippen molar-refractivity contribution in [2.45, 2.75) is 46.5 Å². The SMILES string of the molecule is CCCc1ccc(/C(C)=N/NC(=O)c2ccc(C(C)C)cc2)cc1. The third-order valence-corrected chi connectivity index (χ3v) is 4.08. The van der Waals surface area contributed by atoms with E-state index in [0.29, 0.717) is 11.5 Å². The Morgan fingerprint density at radius 2 is 1.58 bits per heavy atom. The predicted octanol–water partition coefficient (Wildman–Crippen LogP) is 4.92. The van der Waals surface area contributed by atoms with E-state index < -0.39 is 0 Å². The van der Waals surface area contributed by atoms with Crippen LogP contribution in [0.3, 0.4) is 0 Å². The molecule has 0 radical (unpaired) electrons. The molecule has 3 heteroatoms. The summed E-state index contributed by atoms with van der Waals surface area (Å²) in [6, 6.07) is 16.0. The van der Waals surface area contributed by atoms with Gasteiger partial charge in [-0.05, 0) is 48.1 Å². The molecular weight excluding hydrogens is 296 g/mol. The van der Waals surface area contributed by atoms with Crippen LogP contribution in [0.1, 0.15) is 67.1 Å². The van der Waals surface area contributed by atoms with E-state index in [4.69, 9.17) is 0 Å². The zero-order chi connectivity index (χ0) is 17.5. The highest BCUT2D eigenvalue weighted by Crippen LogP contribution is 2.14. The first-order valence-corrected chi connectivity index (χ1v) is 8.55. The van der Waals surface area contributed by atoms with Gasteiger partial charge in [-0.2, -0.15) is 5.10 Å². The molecule has 0 saturated heterocycles. The molecule has 126 valence electrons. The summed E-state index contributed by atoms with van der Waals surface area (Å²) >= 11 is 0. The molecule has 1 N–H and O–H groups in total. The summed E-state index contributed by atoms with van der Waals surface area (Å²) in [5, 5.41) is 4.22. The lowest BCUT2D eigenvalue weighted by molar-refractivity contribution is 0.0955. The molecule has 0 aromatic heterocycles. The average molecular weight is 322 g/mol. The first-order chi connectivity index (χ1) is 11.5. The molecule has 0 aliphatic carbocycles. The summed E-state index contributed by atoms with van der Waals surface area (Å²) in [6.07, 6.45) is 2.22. The number of hydrazone groups is 1. The van der Waals surface area contributed by atoms with Gasteiger partial charge in [0.25, 0.3) is 5.91 Å². The van der Waals surface area contributed by atoms with Crippen LogP contribution < -0.4 is 5.43 Å². The molecule has 0 atom stereocenters. The number of carbonyl (C=O) groups excluding carboxylic acids is 1. The number of rotatable bonds is 6. The molecule has 0 aliphatic rings. The van der Waals surface area contributed by atoms with Crippen LogP contribution in [-0.4, -0.2) is 11.6 Å². The highest BCUT2D eigenvalue weighted by Gasteiger charge is 2.06. The number of amides is 1. The van der Waals surface area contributed by atoms with E-state index in [1.165, 1.54) is 11.1 Å². The van der Waals surface area contributed by atoms with Crippen LogP contribution in [0.15, 0.2) is 53.6 Å². The molecule has 2 aromatic carbocycles. The van der Waals surface area contributed by atoms with Gasteiger partial charge < -0.3 is 0 Å². The lowest BCUT2D eigenvalue weighted by atomic mass is 10.0. The van der Waals surface area contributed by atoms with Gasteiger partial charge in [0, 0.05) is 5.56 Å². The molecule has 0 heterocycles. The maximum absolute atomic E-state index is 12.2. The first kappa shape index (κ1) is 17.9. The molecule has 2 rings (SSSR count). The molecular formula is C21H26N2O. The second-order valence-electron chi connectivity index (χ2n) is 6.36. The van der Waals surface area contributed by atoms with Crippen LogP contribution in [-0.2, 0) is 6.42 Å². The molecule has 2 aromatic rings. The molecule has 0 fully saturated rings. The van der Waals surface area contributed by atoms with E-state index in [2.05, 4.69) is 43.4 Å². The molecule has 0 bridgehead atoms. The Balaban J connectivity index is 2.01. The topological polar surface area (TPSA) is 41.5 Å². The number of benzene rings is 2. The Hall–Kier alpha value is -2.42. The fraction of sp³-hybridized carbons (Fsp3) is 0.333. The zero-order valence-corrected chi connectivity index (χ0v) is 15.0. The monoisotopic (exact) mass is 322 g/mol. The third kappa shape index (κ3) is 4.79. The van der Waals surface area contributed by atoms with Gasteiger partial charge in [0.05, 0.1) is 5.71 Å². The number of nitrogens with zero attached hydrogens (tertiary/aromatic N) is 1. The van der Waals surface area contributed by atoms with E-state index in [0.717, 1.165) is 24.1 Å². The number of hydrogen-bond acceptors (Lipinski definition) is 2. The number of carbonyl (C=O) groups is 1. The Morgan fingerprint density at radius 1 is 1.00 bits per heavy atom. The standard InChI is InChI=1S/C21H26N2O/c1-5-6-17-7-9-19(10-8-17)16(4)22-23-21(24)20-13-11-18(12-14-20)15(2)3/h7-15H,5-6H2,1-4H3,(H,23,24)/b22-16+. The fourth-order valence-corrected chi connectivity index (χ4v) is 2.48. The Bertz CT molecular complexity index is 698. The van der Waals surface area contributed by atoms with Crippen molar-refractivity contribution in [2.24, 2.45) is 5.10 Å². The number of nitrogens with one attached hydrogen (secondary N) is 1. The molecule has 1 amide bonds. The normalized spacial score (nSPS) is 11.6. The van der Waals surface area contributed by atoms with E-state index in [9.17, 15) is 4.79 Å².